The number of anilines is 1. The molecule has 0 unspecified atom stereocenters. The van der Waals surface area contributed by atoms with Gasteiger partial charge in [-0.2, -0.15) is 0 Å². The van der Waals surface area contributed by atoms with Gasteiger partial charge in [-0.1, -0.05) is 35.9 Å². The maximum absolute atomic E-state index is 13.1. The molecule has 0 bridgehead atoms. The van der Waals surface area contributed by atoms with Gasteiger partial charge in [-0.25, -0.2) is 4.79 Å². The minimum absolute atomic E-state index is 0.0249. The number of benzene rings is 2. The second kappa shape index (κ2) is 6.37. The third-order valence-electron chi connectivity index (χ3n) is 5.15. The Kier molecular flexibility index (Phi) is 4.03. The SMILES string of the molecule is Cc1ccc(NC(=O)N2Cc3ccccc3-n3cccc3[C@@H]2C)c(C)c1. The summed E-state index contributed by atoms with van der Waals surface area (Å²) in [5.74, 6) is 0. The van der Waals surface area contributed by atoms with E-state index in [1.165, 1.54) is 5.56 Å². The van der Waals surface area contributed by atoms with Crippen molar-refractivity contribution in [1.82, 2.24) is 9.47 Å². The Morgan fingerprint density at radius 1 is 1.08 bits per heavy atom. The molecule has 1 aliphatic rings. The van der Waals surface area contributed by atoms with Crippen LogP contribution in [0.5, 0.6) is 0 Å². The van der Waals surface area contributed by atoms with Crippen LogP contribution in [0.4, 0.5) is 10.5 Å². The molecule has 0 saturated carbocycles. The van der Waals surface area contributed by atoms with Crippen molar-refractivity contribution in [3.63, 3.8) is 0 Å². The van der Waals surface area contributed by atoms with Gasteiger partial charge in [0.15, 0.2) is 0 Å². The largest absolute Gasteiger partial charge is 0.322 e. The zero-order valence-electron chi connectivity index (χ0n) is 15.4. The third kappa shape index (κ3) is 2.77. The van der Waals surface area contributed by atoms with Crippen molar-refractivity contribution in [1.29, 1.82) is 0 Å². The summed E-state index contributed by atoms with van der Waals surface area (Å²) in [5.41, 5.74) is 6.53. The second-order valence-corrected chi connectivity index (χ2v) is 6.98. The van der Waals surface area contributed by atoms with E-state index in [9.17, 15) is 4.79 Å². The van der Waals surface area contributed by atoms with Gasteiger partial charge >= 0.3 is 6.03 Å². The highest BCUT2D eigenvalue weighted by atomic mass is 16.2. The summed E-state index contributed by atoms with van der Waals surface area (Å²) in [6.45, 7) is 6.74. The molecule has 0 fully saturated rings. The summed E-state index contributed by atoms with van der Waals surface area (Å²) in [5, 5.41) is 3.10. The van der Waals surface area contributed by atoms with Crippen molar-refractivity contribution < 1.29 is 4.79 Å². The Morgan fingerprint density at radius 2 is 1.88 bits per heavy atom. The first-order valence-electron chi connectivity index (χ1n) is 8.95. The lowest BCUT2D eigenvalue weighted by atomic mass is 10.1. The average Bonchev–Trinajstić information content (AvgIpc) is 3.07. The minimum Gasteiger partial charge on any atom is -0.318 e. The number of amides is 2. The lowest BCUT2D eigenvalue weighted by Gasteiger charge is -2.28. The van der Waals surface area contributed by atoms with E-state index in [0.29, 0.717) is 6.54 Å². The summed E-state index contributed by atoms with van der Waals surface area (Å²) in [6.07, 6.45) is 2.07. The molecule has 4 nitrogen and oxygen atoms in total. The van der Waals surface area contributed by atoms with E-state index in [2.05, 4.69) is 54.2 Å². The van der Waals surface area contributed by atoms with E-state index in [-0.39, 0.29) is 12.1 Å². The van der Waals surface area contributed by atoms with Crippen molar-refractivity contribution >= 4 is 11.7 Å². The van der Waals surface area contributed by atoms with E-state index in [4.69, 9.17) is 0 Å². The van der Waals surface area contributed by atoms with E-state index >= 15 is 0 Å². The van der Waals surface area contributed by atoms with Crippen LogP contribution >= 0.6 is 0 Å². The molecule has 4 heteroatoms. The molecule has 2 amide bonds. The number of fused-ring (bicyclic) bond motifs is 3. The highest BCUT2D eigenvalue weighted by molar-refractivity contribution is 5.90. The van der Waals surface area contributed by atoms with Crippen molar-refractivity contribution in [3.05, 3.63) is 83.2 Å². The molecule has 1 N–H and O–H groups in total. The Labute approximate surface area is 154 Å². The predicted molar refractivity (Wildman–Crippen MR) is 105 cm³/mol. The normalized spacial score (nSPS) is 15.8. The van der Waals surface area contributed by atoms with Gasteiger partial charge < -0.3 is 14.8 Å². The Bertz CT molecular complexity index is 973. The Hall–Kier alpha value is -3.01. The fourth-order valence-corrected chi connectivity index (χ4v) is 3.70. The van der Waals surface area contributed by atoms with Crippen LogP contribution in [0, 0.1) is 13.8 Å². The zero-order chi connectivity index (χ0) is 18.3. The fourth-order valence-electron chi connectivity index (χ4n) is 3.70. The van der Waals surface area contributed by atoms with E-state index in [1.54, 1.807) is 0 Å². The maximum atomic E-state index is 13.1. The van der Waals surface area contributed by atoms with Gasteiger partial charge in [0, 0.05) is 17.6 Å². The van der Waals surface area contributed by atoms with Gasteiger partial charge in [-0.3, -0.25) is 0 Å². The van der Waals surface area contributed by atoms with Crippen LogP contribution in [0.1, 0.15) is 35.3 Å². The van der Waals surface area contributed by atoms with Crippen LogP contribution in [0.15, 0.2) is 60.8 Å². The summed E-state index contributed by atoms with van der Waals surface area (Å²) in [4.78, 5) is 15.0. The van der Waals surface area contributed by atoms with Gasteiger partial charge in [0.25, 0.3) is 0 Å². The molecule has 2 aromatic carbocycles. The standard InChI is InChI=1S/C22H23N3O/c1-15-10-11-19(16(2)13-15)23-22(26)25-14-18-7-4-5-8-21(18)24-12-6-9-20(24)17(25)3/h4-13,17H,14H2,1-3H3,(H,23,26)/t17-/m0/s1. The number of aryl methyl sites for hydroxylation is 2. The quantitative estimate of drug-likeness (QED) is 0.646. The molecule has 4 rings (SSSR count). The number of nitrogens with one attached hydrogen (secondary N) is 1. The van der Waals surface area contributed by atoms with Gasteiger partial charge in [0.05, 0.1) is 18.3 Å². The molecule has 0 aliphatic carbocycles. The average molecular weight is 345 g/mol. The van der Waals surface area contributed by atoms with Crippen molar-refractivity contribution in [3.8, 4) is 5.69 Å². The third-order valence-corrected chi connectivity index (χ3v) is 5.15. The van der Waals surface area contributed by atoms with Crippen LogP contribution in [0.2, 0.25) is 0 Å². The molecular weight excluding hydrogens is 322 g/mol. The van der Waals surface area contributed by atoms with Crippen molar-refractivity contribution in [2.75, 3.05) is 5.32 Å². The first-order valence-corrected chi connectivity index (χ1v) is 8.95. The predicted octanol–water partition coefficient (Wildman–Crippen LogP) is 5.20. The molecular formula is C22H23N3O. The highest BCUT2D eigenvalue weighted by Gasteiger charge is 2.28. The molecule has 2 heterocycles. The molecule has 0 radical (unpaired) electrons. The highest BCUT2D eigenvalue weighted by Crippen LogP contribution is 2.32. The number of carbonyl (C=O) groups is 1. The van der Waals surface area contributed by atoms with Crippen molar-refractivity contribution in [2.24, 2.45) is 0 Å². The molecule has 0 saturated heterocycles. The minimum atomic E-state index is -0.0751. The second-order valence-electron chi connectivity index (χ2n) is 6.98. The number of urea groups is 1. The Balaban J connectivity index is 1.70. The van der Waals surface area contributed by atoms with Crippen LogP contribution in [-0.4, -0.2) is 15.5 Å². The lowest BCUT2D eigenvalue weighted by Crippen LogP contribution is -2.36. The first kappa shape index (κ1) is 16.5. The monoisotopic (exact) mass is 345 g/mol. The Morgan fingerprint density at radius 3 is 2.69 bits per heavy atom. The number of para-hydroxylation sites is 1. The maximum Gasteiger partial charge on any atom is 0.322 e. The van der Waals surface area contributed by atoms with E-state index < -0.39 is 0 Å². The summed E-state index contributed by atoms with van der Waals surface area (Å²) < 4.78 is 2.18. The van der Waals surface area contributed by atoms with Crippen LogP contribution < -0.4 is 5.32 Å². The molecule has 0 spiro atoms. The molecule has 1 aromatic heterocycles. The number of hydrogen-bond acceptors (Lipinski definition) is 1. The smallest absolute Gasteiger partial charge is 0.318 e. The molecule has 3 aromatic rings. The van der Waals surface area contributed by atoms with Gasteiger partial charge in [-0.15, -0.1) is 0 Å². The number of rotatable bonds is 1. The molecule has 1 atom stereocenters. The van der Waals surface area contributed by atoms with Gasteiger partial charge in [0.1, 0.15) is 0 Å². The first-order chi connectivity index (χ1) is 12.5. The number of hydrogen-bond donors (Lipinski definition) is 1. The molecule has 1 aliphatic heterocycles. The van der Waals surface area contributed by atoms with Crippen LogP contribution in [0.3, 0.4) is 0 Å². The summed E-state index contributed by atoms with van der Waals surface area (Å²) >= 11 is 0. The zero-order valence-corrected chi connectivity index (χ0v) is 15.4. The summed E-state index contributed by atoms with van der Waals surface area (Å²) in [6, 6.07) is 18.4. The fraction of sp³-hybridized carbons (Fsp3) is 0.227. The topological polar surface area (TPSA) is 37.3 Å². The number of carbonyl (C=O) groups excluding carboxylic acids is 1. The number of nitrogens with zero attached hydrogens (tertiary/aromatic N) is 2. The molecule has 26 heavy (non-hydrogen) atoms. The van der Waals surface area contributed by atoms with Gasteiger partial charge in [-0.05, 0) is 56.2 Å². The van der Waals surface area contributed by atoms with Crippen LogP contribution in [0.25, 0.3) is 5.69 Å². The lowest BCUT2D eigenvalue weighted by molar-refractivity contribution is 0.189. The van der Waals surface area contributed by atoms with E-state index in [0.717, 1.165) is 28.2 Å². The van der Waals surface area contributed by atoms with Crippen molar-refractivity contribution in [2.45, 2.75) is 33.4 Å². The van der Waals surface area contributed by atoms with Crippen LogP contribution in [-0.2, 0) is 6.54 Å². The summed E-state index contributed by atoms with van der Waals surface area (Å²) in [7, 11) is 0. The van der Waals surface area contributed by atoms with E-state index in [1.807, 2.05) is 42.2 Å². The van der Waals surface area contributed by atoms with Gasteiger partial charge in [0.2, 0.25) is 0 Å². The molecule has 132 valence electrons. The number of aromatic nitrogens is 1.